The minimum absolute atomic E-state index is 0.289. The molecule has 25 heavy (non-hydrogen) atoms. The number of carbonyl (C=O) groups excluding carboxylic acids is 2. The van der Waals surface area contributed by atoms with Crippen LogP contribution in [0, 0.1) is 11.6 Å². The van der Waals surface area contributed by atoms with Crippen molar-refractivity contribution >= 4 is 17.6 Å². The lowest BCUT2D eigenvalue weighted by Crippen LogP contribution is -2.21. The fourth-order valence-electron chi connectivity index (χ4n) is 2.21. The number of hydrogen-bond donors (Lipinski definition) is 1. The van der Waals surface area contributed by atoms with Gasteiger partial charge in [0.15, 0.2) is 6.61 Å². The topological polar surface area (TPSA) is 55.4 Å². The summed E-state index contributed by atoms with van der Waals surface area (Å²) in [7, 11) is 0. The molecule has 2 aromatic carbocycles. The van der Waals surface area contributed by atoms with Crippen LogP contribution < -0.4 is 5.32 Å². The van der Waals surface area contributed by atoms with Crippen molar-refractivity contribution in [3.8, 4) is 0 Å². The lowest BCUT2D eigenvalue weighted by atomic mass is 9.99. The molecule has 0 spiro atoms. The van der Waals surface area contributed by atoms with E-state index in [1.165, 1.54) is 5.56 Å². The number of ether oxygens (including phenoxy) is 1. The minimum atomic E-state index is -0.972. The lowest BCUT2D eigenvalue weighted by Gasteiger charge is -2.10. The number of rotatable bonds is 6. The maximum Gasteiger partial charge on any atom is 0.338 e. The van der Waals surface area contributed by atoms with Crippen LogP contribution in [-0.2, 0) is 9.53 Å². The van der Waals surface area contributed by atoms with Crippen molar-refractivity contribution in [2.24, 2.45) is 0 Å². The summed E-state index contributed by atoms with van der Waals surface area (Å²) in [5, 5.41) is 2.59. The van der Waals surface area contributed by atoms with Gasteiger partial charge in [-0.25, -0.2) is 13.6 Å². The third-order valence-electron chi connectivity index (χ3n) is 3.81. The Labute approximate surface area is 144 Å². The molecular formula is C19H19F2NO3. The summed E-state index contributed by atoms with van der Waals surface area (Å²) in [5.41, 5.74) is 1.45. The molecule has 6 heteroatoms. The zero-order valence-electron chi connectivity index (χ0n) is 14.0. The predicted molar refractivity (Wildman–Crippen MR) is 90.4 cm³/mol. The van der Waals surface area contributed by atoms with Gasteiger partial charge >= 0.3 is 5.97 Å². The van der Waals surface area contributed by atoms with E-state index in [4.69, 9.17) is 4.74 Å². The Kier molecular flexibility index (Phi) is 6.22. The molecule has 0 aliphatic carbocycles. The predicted octanol–water partition coefficient (Wildman–Crippen LogP) is 4.27. The second kappa shape index (κ2) is 8.37. The van der Waals surface area contributed by atoms with E-state index in [0.717, 1.165) is 18.6 Å². The Morgan fingerprint density at radius 2 is 1.68 bits per heavy atom. The molecule has 0 unspecified atom stereocenters. The van der Waals surface area contributed by atoms with Crippen molar-refractivity contribution in [2.75, 3.05) is 11.9 Å². The SMILES string of the molecule is CC[C@H](C)c1ccc(NC(=O)COC(=O)c2cc(F)cc(F)c2)cc1. The number of esters is 1. The van der Waals surface area contributed by atoms with Crippen molar-refractivity contribution in [3.05, 3.63) is 65.2 Å². The van der Waals surface area contributed by atoms with E-state index in [0.29, 0.717) is 17.7 Å². The summed E-state index contributed by atoms with van der Waals surface area (Å²) in [4.78, 5) is 23.5. The van der Waals surface area contributed by atoms with Crippen molar-refractivity contribution < 1.29 is 23.1 Å². The number of hydrogen-bond acceptors (Lipinski definition) is 3. The molecule has 0 aliphatic heterocycles. The maximum atomic E-state index is 13.1. The molecule has 1 amide bonds. The van der Waals surface area contributed by atoms with Gasteiger partial charge in [-0.05, 0) is 42.2 Å². The summed E-state index contributed by atoms with van der Waals surface area (Å²) in [6.07, 6.45) is 1.02. The monoisotopic (exact) mass is 347 g/mol. The van der Waals surface area contributed by atoms with E-state index < -0.39 is 30.1 Å². The molecule has 0 aliphatic rings. The van der Waals surface area contributed by atoms with Crippen LogP contribution in [0.1, 0.15) is 42.1 Å². The molecule has 0 saturated heterocycles. The Bertz CT molecular complexity index is 740. The van der Waals surface area contributed by atoms with Crippen LogP contribution in [0.3, 0.4) is 0 Å². The molecule has 0 bridgehead atoms. The van der Waals surface area contributed by atoms with Crippen LogP contribution in [0.2, 0.25) is 0 Å². The van der Waals surface area contributed by atoms with E-state index in [1.54, 1.807) is 12.1 Å². The summed E-state index contributed by atoms with van der Waals surface area (Å²) >= 11 is 0. The largest absolute Gasteiger partial charge is 0.452 e. The average Bonchev–Trinajstić information content (AvgIpc) is 2.58. The van der Waals surface area contributed by atoms with Gasteiger partial charge in [0.2, 0.25) is 0 Å². The van der Waals surface area contributed by atoms with Crippen molar-refractivity contribution in [1.29, 1.82) is 0 Å². The van der Waals surface area contributed by atoms with E-state index in [1.807, 2.05) is 12.1 Å². The average molecular weight is 347 g/mol. The van der Waals surface area contributed by atoms with Gasteiger partial charge in [-0.15, -0.1) is 0 Å². The smallest absolute Gasteiger partial charge is 0.338 e. The molecular weight excluding hydrogens is 328 g/mol. The summed E-state index contributed by atoms with van der Waals surface area (Å²) in [6.45, 7) is 3.66. The van der Waals surface area contributed by atoms with Crippen LogP contribution in [0.4, 0.5) is 14.5 Å². The number of benzene rings is 2. The number of nitrogens with one attached hydrogen (secondary N) is 1. The first kappa shape index (κ1) is 18.6. The van der Waals surface area contributed by atoms with Crippen LogP contribution in [0.25, 0.3) is 0 Å². The third-order valence-corrected chi connectivity index (χ3v) is 3.81. The number of anilines is 1. The fourth-order valence-corrected chi connectivity index (χ4v) is 2.21. The quantitative estimate of drug-likeness (QED) is 0.794. The Morgan fingerprint density at radius 1 is 1.08 bits per heavy atom. The number of carbonyl (C=O) groups is 2. The first-order valence-electron chi connectivity index (χ1n) is 7.92. The lowest BCUT2D eigenvalue weighted by molar-refractivity contribution is -0.119. The first-order valence-corrected chi connectivity index (χ1v) is 7.92. The molecule has 0 aromatic heterocycles. The molecule has 0 saturated carbocycles. The van der Waals surface area contributed by atoms with E-state index in [9.17, 15) is 18.4 Å². The van der Waals surface area contributed by atoms with Crippen LogP contribution in [-0.4, -0.2) is 18.5 Å². The Balaban J connectivity index is 1.89. The zero-order chi connectivity index (χ0) is 18.4. The first-order chi connectivity index (χ1) is 11.9. The second-order valence-corrected chi connectivity index (χ2v) is 5.71. The summed E-state index contributed by atoms with van der Waals surface area (Å²) in [5.74, 6) is -2.87. The minimum Gasteiger partial charge on any atom is -0.452 e. The van der Waals surface area contributed by atoms with Gasteiger partial charge < -0.3 is 10.1 Å². The van der Waals surface area contributed by atoms with Crippen molar-refractivity contribution in [3.63, 3.8) is 0 Å². The van der Waals surface area contributed by atoms with Gasteiger partial charge in [0.05, 0.1) is 5.56 Å². The van der Waals surface area contributed by atoms with Crippen LogP contribution >= 0.6 is 0 Å². The van der Waals surface area contributed by atoms with Crippen LogP contribution in [0.5, 0.6) is 0 Å². The molecule has 132 valence electrons. The maximum absolute atomic E-state index is 13.1. The molecule has 0 radical (unpaired) electrons. The summed E-state index contributed by atoms with van der Waals surface area (Å²) in [6, 6.07) is 9.71. The Hall–Kier alpha value is -2.76. The molecule has 2 aromatic rings. The normalized spacial score (nSPS) is 11.7. The molecule has 1 atom stereocenters. The van der Waals surface area contributed by atoms with Gasteiger partial charge in [-0.3, -0.25) is 4.79 Å². The standard InChI is InChI=1S/C19H19F2NO3/c1-3-12(2)13-4-6-17(7-5-13)22-18(23)11-25-19(24)14-8-15(20)10-16(21)9-14/h4-10,12H,3,11H2,1-2H3,(H,22,23)/t12-/m0/s1. The van der Waals surface area contributed by atoms with Gasteiger partial charge in [0, 0.05) is 11.8 Å². The highest BCUT2D eigenvalue weighted by molar-refractivity contribution is 5.95. The van der Waals surface area contributed by atoms with Gasteiger partial charge in [0.25, 0.3) is 5.91 Å². The van der Waals surface area contributed by atoms with E-state index in [2.05, 4.69) is 19.2 Å². The zero-order valence-corrected chi connectivity index (χ0v) is 14.0. The van der Waals surface area contributed by atoms with Crippen molar-refractivity contribution in [1.82, 2.24) is 0 Å². The number of amides is 1. The van der Waals surface area contributed by atoms with Crippen molar-refractivity contribution in [2.45, 2.75) is 26.2 Å². The highest BCUT2D eigenvalue weighted by Crippen LogP contribution is 2.20. The van der Waals surface area contributed by atoms with Gasteiger partial charge in [-0.2, -0.15) is 0 Å². The van der Waals surface area contributed by atoms with Crippen LogP contribution in [0.15, 0.2) is 42.5 Å². The third kappa shape index (κ3) is 5.38. The van der Waals surface area contributed by atoms with E-state index >= 15 is 0 Å². The highest BCUT2D eigenvalue weighted by atomic mass is 19.1. The summed E-state index contributed by atoms with van der Waals surface area (Å²) < 4.78 is 30.9. The van der Waals surface area contributed by atoms with Gasteiger partial charge in [0.1, 0.15) is 11.6 Å². The fraction of sp³-hybridized carbons (Fsp3) is 0.263. The highest BCUT2D eigenvalue weighted by Gasteiger charge is 2.13. The molecule has 4 nitrogen and oxygen atoms in total. The molecule has 1 N–H and O–H groups in total. The number of halogens is 2. The molecule has 0 heterocycles. The van der Waals surface area contributed by atoms with E-state index in [-0.39, 0.29) is 5.56 Å². The molecule has 2 rings (SSSR count). The Morgan fingerprint density at radius 3 is 2.24 bits per heavy atom. The second-order valence-electron chi connectivity index (χ2n) is 5.71. The van der Waals surface area contributed by atoms with Gasteiger partial charge in [-0.1, -0.05) is 26.0 Å². The molecule has 0 fully saturated rings.